The Morgan fingerprint density at radius 2 is 1.84 bits per heavy atom. The van der Waals surface area contributed by atoms with Crippen LogP contribution in [0.1, 0.15) is 38.7 Å². The molecule has 2 saturated heterocycles. The third-order valence-corrected chi connectivity index (χ3v) is 7.27. The molecular weight excluding hydrogens is 471 g/mol. The van der Waals surface area contributed by atoms with Crippen molar-refractivity contribution in [1.82, 2.24) is 15.0 Å². The fourth-order valence-corrected chi connectivity index (χ4v) is 5.05. The molecule has 0 aliphatic carbocycles. The van der Waals surface area contributed by atoms with E-state index in [9.17, 15) is 20.0 Å². The number of benzene rings is 1. The van der Waals surface area contributed by atoms with Gasteiger partial charge in [0.2, 0.25) is 5.95 Å². The molecule has 2 aliphatic rings. The first-order chi connectivity index (χ1) is 17.6. The number of nitriles is 2. The Kier molecular flexibility index (Phi) is 6.09. The fraction of sp³-hybridized carbons (Fsp3) is 0.444. The molecule has 2 fully saturated rings. The minimum Gasteiger partial charge on any atom is -0.390 e. The molecule has 2 aliphatic heterocycles. The largest absolute Gasteiger partial charge is 0.390 e. The maximum Gasteiger partial charge on any atom is 0.227 e. The normalized spacial score (nSPS) is 22.9. The standard InChI is InChI=1S/C27H29FN8O/c1-17(2)18-4-5-21(36-15-27(12-29,13-30)16-36)20-11-32-24(10-19(18)20)33-23-6-8-31-25(34-23)35-9-7-22(37)26(3,28)14-35/h4-6,8,10-11,17,22,37H,7,9,14-16H2,1-3H3,(H,31,32,33,34)/t22-,26+/m1/s1. The van der Waals surface area contributed by atoms with E-state index in [2.05, 4.69) is 52.3 Å². The summed E-state index contributed by atoms with van der Waals surface area (Å²) in [6, 6.07) is 12.1. The Balaban J connectivity index is 1.43. The van der Waals surface area contributed by atoms with Crippen molar-refractivity contribution in [2.24, 2.45) is 5.41 Å². The highest BCUT2D eigenvalue weighted by molar-refractivity contribution is 5.98. The molecule has 1 aromatic carbocycles. The van der Waals surface area contributed by atoms with Crippen molar-refractivity contribution in [3.05, 3.63) is 42.2 Å². The van der Waals surface area contributed by atoms with Crippen LogP contribution in [-0.4, -0.2) is 58.0 Å². The van der Waals surface area contributed by atoms with Crippen LogP contribution in [0.2, 0.25) is 0 Å². The summed E-state index contributed by atoms with van der Waals surface area (Å²) >= 11 is 0. The molecule has 10 heteroatoms. The lowest BCUT2D eigenvalue weighted by Crippen LogP contribution is -2.55. The summed E-state index contributed by atoms with van der Waals surface area (Å²) in [6.07, 6.45) is 2.73. The van der Waals surface area contributed by atoms with Crippen molar-refractivity contribution < 1.29 is 9.50 Å². The smallest absolute Gasteiger partial charge is 0.227 e. The molecule has 37 heavy (non-hydrogen) atoms. The van der Waals surface area contributed by atoms with Gasteiger partial charge in [0.05, 0.1) is 37.9 Å². The number of nitrogens with one attached hydrogen (secondary N) is 1. The predicted octanol–water partition coefficient (Wildman–Crippen LogP) is 4.04. The minimum absolute atomic E-state index is 0.0156. The highest BCUT2D eigenvalue weighted by Crippen LogP contribution is 2.40. The second kappa shape index (κ2) is 9.13. The van der Waals surface area contributed by atoms with Crippen molar-refractivity contribution in [1.29, 1.82) is 10.5 Å². The summed E-state index contributed by atoms with van der Waals surface area (Å²) in [5.41, 5.74) is -0.583. The van der Waals surface area contributed by atoms with Crippen molar-refractivity contribution in [3.8, 4) is 12.1 Å². The van der Waals surface area contributed by atoms with Gasteiger partial charge in [-0.2, -0.15) is 15.5 Å². The van der Waals surface area contributed by atoms with Crippen LogP contribution in [0.3, 0.4) is 0 Å². The van der Waals surface area contributed by atoms with Gasteiger partial charge in [-0.15, -0.1) is 0 Å². The fourth-order valence-electron chi connectivity index (χ4n) is 5.05. The Bertz CT molecular complexity index is 1400. The number of rotatable bonds is 5. The van der Waals surface area contributed by atoms with Crippen LogP contribution in [0.15, 0.2) is 36.7 Å². The van der Waals surface area contributed by atoms with Gasteiger partial charge < -0.3 is 20.2 Å². The van der Waals surface area contributed by atoms with Crippen LogP contribution in [0.5, 0.6) is 0 Å². The molecule has 9 nitrogen and oxygen atoms in total. The number of halogens is 1. The lowest BCUT2D eigenvalue weighted by molar-refractivity contribution is -0.00860. The number of hydrogen-bond donors (Lipinski definition) is 2. The van der Waals surface area contributed by atoms with Crippen molar-refractivity contribution in [2.75, 3.05) is 41.3 Å². The number of aliphatic hydroxyl groups is 1. The molecule has 0 radical (unpaired) electrons. The lowest BCUT2D eigenvalue weighted by atomic mass is 9.82. The Morgan fingerprint density at radius 1 is 1.08 bits per heavy atom. The highest BCUT2D eigenvalue weighted by Gasteiger charge is 2.44. The van der Waals surface area contributed by atoms with E-state index >= 15 is 0 Å². The summed E-state index contributed by atoms with van der Waals surface area (Å²) in [5.74, 6) is 1.80. The molecule has 2 atom stereocenters. The number of pyridine rings is 1. The third kappa shape index (κ3) is 4.49. The Hall–Kier alpha value is -4.02. The van der Waals surface area contributed by atoms with Gasteiger partial charge in [0.15, 0.2) is 11.1 Å². The lowest BCUT2D eigenvalue weighted by Gasteiger charge is -2.43. The monoisotopic (exact) mass is 500 g/mol. The number of alkyl halides is 1. The molecule has 3 aromatic rings. The quantitative estimate of drug-likeness (QED) is 0.534. The van der Waals surface area contributed by atoms with Gasteiger partial charge in [-0.3, -0.25) is 0 Å². The Morgan fingerprint density at radius 3 is 2.51 bits per heavy atom. The van der Waals surface area contributed by atoms with Crippen LogP contribution in [0, 0.1) is 28.1 Å². The highest BCUT2D eigenvalue weighted by atomic mass is 19.1. The van der Waals surface area contributed by atoms with E-state index in [1.807, 2.05) is 17.0 Å². The second-order valence-corrected chi connectivity index (χ2v) is 10.5. The number of fused-ring (bicyclic) bond motifs is 1. The zero-order chi connectivity index (χ0) is 26.4. The molecule has 0 spiro atoms. The topological polar surface area (TPSA) is 125 Å². The molecule has 0 unspecified atom stereocenters. The average molecular weight is 501 g/mol. The third-order valence-electron chi connectivity index (χ3n) is 7.27. The zero-order valence-electron chi connectivity index (χ0n) is 21.1. The summed E-state index contributed by atoms with van der Waals surface area (Å²) < 4.78 is 14.7. The van der Waals surface area contributed by atoms with E-state index in [0.29, 0.717) is 43.6 Å². The number of anilines is 4. The van der Waals surface area contributed by atoms with Crippen LogP contribution >= 0.6 is 0 Å². The maximum absolute atomic E-state index is 14.7. The van der Waals surface area contributed by atoms with Gasteiger partial charge in [-0.1, -0.05) is 19.9 Å². The molecule has 190 valence electrons. The molecule has 4 heterocycles. The summed E-state index contributed by atoms with van der Waals surface area (Å²) in [5, 5.41) is 33.9. The van der Waals surface area contributed by atoms with Crippen LogP contribution in [0.4, 0.5) is 27.7 Å². The number of piperidine rings is 1. The molecule has 0 amide bonds. The van der Waals surface area contributed by atoms with Crippen molar-refractivity contribution >= 4 is 34.0 Å². The number of hydrogen-bond acceptors (Lipinski definition) is 9. The average Bonchev–Trinajstić information content (AvgIpc) is 2.85. The predicted molar refractivity (Wildman–Crippen MR) is 139 cm³/mol. The summed E-state index contributed by atoms with van der Waals surface area (Å²) in [7, 11) is 0. The van der Waals surface area contributed by atoms with Crippen molar-refractivity contribution in [3.63, 3.8) is 0 Å². The maximum atomic E-state index is 14.7. The second-order valence-electron chi connectivity index (χ2n) is 10.5. The first kappa shape index (κ1) is 24.7. The number of aromatic nitrogens is 3. The van der Waals surface area contributed by atoms with Crippen LogP contribution < -0.4 is 15.1 Å². The van der Waals surface area contributed by atoms with E-state index in [4.69, 9.17) is 0 Å². The van der Waals surface area contributed by atoms with Crippen LogP contribution in [0.25, 0.3) is 10.8 Å². The van der Waals surface area contributed by atoms with Gasteiger partial charge in [-0.25, -0.2) is 14.4 Å². The van der Waals surface area contributed by atoms with E-state index in [0.717, 1.165) is 22.0 Å². The molecule has 2 aromatic heterocycles. The van der Waals surface area contributed by atoms with Gasteiger partial charge in [0, 0.05) is 30.0 Å². The van der Waals surface area contributed by atoms with Gasteiger partial charge >= 0.3 is 0 Å². The first-order valence-electron chi connectivity index (χ1n) is 12.4. The van der Waals surface area contributed by atoms with Crippen LogP contribution in [-0.2, 0) is 0 Å². The number of nitrogens with zero attached hydrogens (tertiary/aromatic N) is 7. The van der Waals surface area contributed by atoms with Gasteiger partial charge in [0.1, 0.15) is 11.6 Å². The first-order valence-corrected chi connectivity index (χ1v) is 12.4. The molecule has 2 N–H and O–H groups in total. The van der Waals surface area contributed by atoms with Gasteiger partial charge in [0.25, 0.3) is 0 Å². The minimum atomic E-state index is -1.73. The summed E-state index contributed by atoms with van der Waals surface area (Å²) in [6.45, 7) is 6.87. The number of aliphatic hydroxyl groups excluding tert-OH is 1. The summed E-state index contributed by atoms with van der Waals surface area (Å²) in [4.78, 5) is 17.3. The molecule has 0 bridgehead atoms. The van der Waals surface area contributed by atoms with E-state index < -0.39 is 17.2 Å². The van der Waals surface area contributed by atoms with E-state index in [1.165, 1.54) is 6.92 Å². The SMILES string of the molecule is CC(C)c1ccc(N2CC(C#N)(C#N)C2)c2cnc(Nc3ccnc(N4CC[C@@H](O)[C@@](C)(F)C4)n3)cc12. The zero-order valence-corrected chi connectivity index (χ0v) is 21.1. The van der Waals surface area contributed by atoms with Crippen molar-refractivity contribution in [2.45, 2.75) is 44.9 Å². The van der Waals surface area contributed by atoms with E-state index in [-0.39, 0.29) is 12.5 Å². The molecule has 5 rings (SSSR count). The molecular formula is C27H29FN8O. The van der Waals surface area contributed by atoms with Gasteiger partial charge in [-0.05, 0) is 48.4 Å². The van der Waals surface area contributed by atoms with E-state index in [1.54, 1.807) is 23.4 Å². The molecule has 0 saturated carbocycles. The Labute approximate surface area is 215 Å².